The van der Waals surface area contributed by atoms with Gasteiger partial charge in [-0.2, -0.15) is 13.2 Å². The molecule has 112 valence electrons. The van der Waals surface area contributed by atoms with E-state index in [1.54, 1.807) is 0 Å². The Morgan fingerprint density at radius 3 is 2.21 bits per heavy atom. The van der Waals surface area contributed by atoms with Crippen LogP contribution in [0.25, 0.3) is 0 Å². The lowest BCUT2D eigenvalue weighted by Crippen LogP contribution is -2.56. The number of carbonyl (C=O) groups is 1. The van der Waals surface area contributed by atoms with Crippen molar-refractivity contribution < 1.29 is 22.7 Å². The summed E-state index contributed by atoms with van der Waals surface area (Å²) in [7, 11) is 0. The largest absolute Gasteiger partial charge is 0.411 e. The van der Waals surface area contributed by atoms with E-state index in [-0.39, 0.29) is 18.0 Å². The average Bonchev–Trinajstić information content (AvgIpc) is 2.30. The summed E-state index contributed by atoms with van der Waals surface area (Å²) in [4.78, 5) is 11.8. The number of alkyl halides is 3. The molecule has 0 aliphatic rings. The Balaban J connectivity index is 4.19. The zero-order valence-electron chi connectivity index (χ0n) is 11.0. The molecule has 0 fully saturated rings. The Labute approximate surface area is 115 Å². The zero-order valence-corrected chi connectivity index (χ0v) is 11.8. The molecular formula is C11H19F3N2O2S. The van der Waals surface area contributed by atoms with Gasteiger partial charge in [-0.25, -0.2) is 0 Å². The number of nitrogens with one attached hydrogen (secondary N) is 1. The molecule has 0 aromatic carbocycles. The van der Waals surface area contributed by atoms with Crippen molar-refractivity contribution >= 4 is 23.1 Å². The fourth-order valence-corrected chi connectivity index (χ4v) is 1.86. The standard InChI is InChI=1S/C11H19F3N2O2S/c1-3-10(4-2,9(15)19)16-8(17)5-6-18-7-11(12,13)14/h3-7H2,1-2H3,(H2,15,19)(H,16,17). The van der Waals surface area contributed by atoms with Crippen LogP contribution >= 0.6 is 12.2 Å². The third-order valence-electron chi connectivity index (χ3n) is 2.80. The van der Waals surface area contributed by atoms with Crippen molar-refractivity contribution in [2.45, 2.75) is 44.8 Å². The number of hydrogen-bond acceptors (Lipinski definition) is 3. The summed E-state index contributed by atoms with van der Waals surface area (Å²) in [5.74, 6) is -0.432. The van der Waals surface area contributed by atoms with Crippen LogP contribution in [0.2, 0.25) is 0 Å². The van der Waals surface area contributed by atoms with Gasteiger partial charge in [0, 0.05) is 6.42 Å². The summed E-state index contributed by atoms with van der Waals surface area (Å²) >= 11 is 4.91. The Morgan fingerprint density at radius 2 is 1.84 bits per heavy atom. The first-order valence-electron chi connectivity index (χ1n) is 5.92. The van der Waals surface area contributed by atoms with E-state index < -0.39 is 24.2 Å². The average molecular weight is 300 g/mol. The summed E-state index contributed by atoms with van der Waals surface area (Å²) in [5, 5.41) is 2.66. The Bertz CT molecular complexity index is 318. The van der Waals surface area contributed by atoms with E-state index in [4.69, 9.17) is 18.0 Å². The number of halogens is 3. The number of thiocarbonyl (C=S) groups is 1. The second-order valence-electron chi connectivity index (χ2n) is 4.12. The number of carbonyl (C=O) groups excluding carboxylic acids is 1. The molecule has 0 radical (unpaired) electrons. The normalized spacial score (nSPS) is 12.3. The van der Waals surface area contributed by atoms with Crippen LogP contribution in [0.15, 0.2) is 0 Å². The van der Waals surface area contributed by atoms with E-state index in [1.807, 2.05) is 13.8 Å². The first-order chi connectivity index (χ1) is 8.67. The molecule has 0 unspecified atom stereocenters. The smallest absolute Gasteiger partial charge is 0.391 e. The van der Waals surface area contributed by atoms with E-state index >= 15 is 0 Å². The van der Waals surface area contributed by atoms with Crippen LogP contribution in [0.5, 0.6) is 0 Å². The Hall–Kier alpha value is -0.890. The first-order valence-corrected chi connectivity index (χ1v) is 6.33. The predicted molar refractivity (Wildman–Crippen MR) is 69.7 cm³/mol. The maximum atomic E-state index is 11.8. The predicted octanol–water partition coefficient (Wildman–Crippen LogP) is 1.92. The number of nitrogens with two attached hydrogens (primary N) is 1. The molecular weight excluding hydrogens is 281 g/mol. The van der Waals surface area contributed by atoms with Gasteiger partial charge in [0.15, 0.2) is 0 Å². The maximum absolute atomic E-state index is 11.8. The minimum absolute atomic E-state index is 0.166. The lowest BCUT2D eigenvalue weighted by atomic mass is 9.92. The van der Waals surface area contributed by atoms with Gasteiger partial charge in [-0.3, -0.25) is 4.79 Å². The summed E-state index contributed by atoms with van der Waals surface area (Å²) < 4.78 is 39.8. The van der Waals surface area contributed by atoms with Crippen molar-refractivity contribution in [2.24, 2.45) is 5.73 Å². The van der Waals surface area contributed by atoms with Crippen molar-refractivity contribution in [1.29, 1.82) is 0 Å². The van der Waals surface area contributed by atoms with Gasteiger partial charge < -0.3 is 15.8 Å². The number of ether oxygens (including phenoxy) is 1. The van der Waals surface area contributed by atoms with E-state index in [2.05, 4.69) is 10.1 Å². The highest BCUT2D eigenvalue weighted by Gasteiger charge is 2.31. The monoisotopic (exact) mass is 300 g/mol. The van der Waals surface area contributed by atoms with Crippen molar-refractivity contribution in [2.75, 3.05) is 13.2 Å². The van der Waals surface area contributed by atoms with Crippen LogP contribution < -0.4 is 11.1 Å². The molecule has 0 rings (SSSR count). The quantitative estimate of drug-likeness (QED) is 0.531. The molecule has 0 aromatic rings. The van der Waals surface area contributed by atoms with Gasteiger partial charge in [0.1, 0.15) is 6.61 Å². The zero-order chi connectivity index (χ0) is 15.1. The van der Waals surface area contributed by atoms with E-state index in [9.17, 15) is 18.0 Å². The van der Waals surface area contributed by atoms with E-state index in [1.165, 1.54) is 0 Å². The summed E-state index contributed by atoms with van der Waals surface area (Å²) in [6.07, 6.45) is -3.51. The lowest BCUT2D eigenvalue weighted by molar-refractivity contribution is -0.174. The molecule has 0 aliphatic heterocycles. The van der Waals surface area contributed by atoms with Gasteiger partial charge in [-0.05, 0) is 12.8 Å². The number of rotatable bonds is 8. The summed E-state index contributed by atoms with van der Waals surface area (Å²) in [6.45, 7) is 1.99. The fourth-order valence-electron chi connectivity index (χ4n) is 1.52. The van der Waals surface area contributed by atoms with Crippen LogP contribution in [0.3, 0.4) is 0 Å². The molecule has 3 N–H and O–H groups in total. The van der Waals surface area contributed by atoms with Gasteiger partial charge in [0.2, 0.25) is 5.91 Å². The summed E-state index contributed by atoms with van der Waals surface area (Å²) in [6, 6.07) is 0. The minimum Gasteiger partial charge on any atom is -0.391 e. The van der Waals surface area contributed by atoms with Gasteiger partial charge in [0.05, 0.1) is 17.1 Å². The number of amides is 1. The second-order valence-corrected chi connectivity index (χ2v) is 4.56. The van der Waals surface area contributed by atoms with Gasteiger partial charge in [-0.1, -0.05) is 26.1 Å². The third-order valence-corrected chi connectivity index (χ3v) is 3.19. The van der Waals surface area contributed by atoms with Gasteiger partial charge >= 0.3 is 6.18 Å². The molecule has 8 heteroatoms. The fraction of sp³-hybridized carbons (Fsp3) is 0.818. The Kier molecular flexibility index (Phi) is 7.28. The van der Waals surface area contributed by atoms with Crippen molar-refractivity contribution in [3.63, 3.8) is 0 Å². The first kappa shape index (κ1) is 18.1. The van der Waals surface area contributed by atoms with Gasteiger partial charge in [0.25, 0.3) is 0 Å². The highest BCUT2D eigenvalue weighted by Crippen LogP contribution is 2.16. The van der Waals surface area contributed by atoms with E-state index in [0.29, 0.717) is 12.8 Å². The van der Waals surface area contributed by atoms with Crippen LogP contribution in [-0.4, -0.2) is 35.8 Å². The highest BCUT2D eigenvalue weighted by atomic mass is 32.1. The Morgan fingerprint density at radius 1 is 1.32 bits per heavy atom. The molecule has 0 heterocycles. The molecule has 0 atom stereocenters. The summed E-state index contributed by atoms with van der Waals surface area (Å²) in [5.41, 5.74) is 4.81. The molecule has 1 amide bonds. The topological polar surface area (TPSA) is 64.3 Å². The maximum Gasteiger partial charge on any atom is 0.411 e. The van der Waals surface area contributed by atoms with Crippen LogP contribution in [0.1, 0.15) is 33.1 Å². The second kappa shape index (κ2) is 7.64. The SMILES string of the molecule is CCC(CC)(NC(=O)CCOCC(F)(F)F)C(N)=S. The van der Waals surface area contributed by atoms with Crippen LogP contribution in [0.4, 0.5) is 13.2 Å². The van der Waals surface area contributed by atoms with Crippen molar-refractivity contribution in [3.8, 4) is 0 Å². The lowest BCUT2D eigenvalue weighted by Gasteiger charge is -2.31. The van der Waals surface area contributed by atoms with E-state index in [0.717, 1.165) is 0 Å². The highest BCUT2D eigenvalue weighted by molar-refractivity contribution is 7.80. The third kappa shape index (κ3) is 6.72. The molecule has 0 saturated heterocycles. The number of hydrogen-bond donors (Lipinski definition) is 2. The molecule has 0 aliphatic carbocycles. The minimum atomic E-state index is -4.38. The molecule has 19 heavy (non-hydrogen) atoms. The van der Waals surface area contributed by atoms with Crippen LogP contribution in [-0.2, 0) is 9.53 Å². The molecule has 0 spiro atoms. The molecule has 0 saturated carbocycles. The molecule has 0 bridgehead atoms. The molecule has 0 aromatic heterocycles. The van der Waals surface area contributed by atoms with Gasteiger partial charge in [-0.15, -0.1) is 0 Å². The van der Waals surface area contributed by atoms with Crippen LogP contribution in [0, 0.1) is 0 Å². The van der Waals surface area contributed by atoms with Crippen molar-refractivity contribution in [1.82, 2.24) is 5.32 Å². The molecule has 4 nitrogen and oxygen atoms in total. The van der Waals surface area contributed by atoms with Crippen molar-refractivity contribution in [3.05, 3.63) is 0 Å².